The summed E-state index contributed by atoms with van der Waals surface area (Å²) in [5, 5.41) is 16.8. The van der Waals surface area contributed by atoms with Crippen LogP contribution in [0.2, 0.25) is 0 Å². The Kier molecular flexibility index (Phi) is 11.6. The van der Waals surface area contributed by atoms with Crippen LogP contribution in [0.25, 0.3) is 21.8 Å². The molecule has 1 spiro atoms. The van der Waals surface area contributed by atoms with Gasteiger partial charge in [-0.1, -0.05) is 13.0 Å². The topological polar surface area (TPSA) is 197 Å². The third-order valence-corrected chi connectivity index (χ3v) is 15.1. The van der Waals surface area contributed by atoms with Gasteiger partial charge in [0.25, 0.3) is 5.56 Å². The van der Waals surface area contributed by atoms with Crippen LogP contribution in [-0.4, -0.2) is 100 Å². The van der Waals surface area contributed by atoms with Gasteiger partial charge in [-0.05, 0) is 86.8 Å². The van der Waals surface area contributed by atoms with Crippen LogP contribution < -0.4 is 25.2 Å². The highest BCUT2D eigenvalue weighted by atomic mass is 32.2. The van der Waals surface area contributed by atoms with Gasteiger partial charge in [0.15, 0.2) is 34.8 Å². The number of fused-ring (bicyclic) bond motifs is 2. The van der Waals surface area contributed by atoms with E-state index in [0.717, 1.165) is 74.1 Å². The number of hydrogen-bond donors (Lipinski definition) is 2. The molecule has 2 aromatic heterocycles. The summed E-state index contributed by atoms with van der Waals surface area (Å²) in [5.74, 6) is -3.83. The van der Waals surface area contributed by atoms with Crippen molar-refractivity contribution >= 4 is 55.5 Å². The minimum Gasteiger partial charge on any atom is -0.450 e. The SMILES string of the molecule is CCN(C)S(=O)(=O)Nc1ccc(F)c(Oc2ccc3ncn(C4COC5(CCN(C6CCC(c7ccc8c(N9CCC(=O)NC9=O)nn(C)c8c7F)CC6)CC5)C4)c(=O)c3c2F)c1C#N. The molecule has 1 atom stereocenters. The van der Waals surface area contributed by atoms with Crippen LogP contribution in [0.5, 0.6) is 11.5 Å². The Hall–Kier alpha value is -6.08. The number of nitriles is 1. The molecule has 9 rings (SSSR count). The number of aryl methyl sites for hydroxylation is 1. The molecule has 65 heavy (non-hydrogen) atoms. The largest absolute Gasteiger partial charge is 0.450 e. The highest BCUT2D eigenvalue weighted by Gasteiger charge is 2.45. The molecular weight excluding hydrogens is 870 g/mol. The predicted octanol–water partition coefficient (Wildman–Crippen LogP) is 5.94. The van der Waals surface area contributed by atoms with Crippen molar-refractivity contribution in [2.75, 3.05) is 49.5 Å². The summed E-state index contributed by atoms with van der Waals surface area (Å²) in [6.07, 6.45) is 6.83. The molecule has 3 saturated heterocycles. The molecule has 3 aliphatic heterocycles. The van der Waals surface area contributed by atoms with Crippen molar-refractivity contribution < 1.29 is 40.7 Å². The number of carbonyl (C=O) groups excluding carboxylic acids is 2. The van der Waals surface area contributed by atoms with Gasteiger partial charge in [-0.25, -0.2) is 22.9 Å². The third kappa shape index (κ3) is 7.95. The summed E-state index contributed by atoms with van der Waals surface area (Å²) in [4.78, 5) is 46.4. The van der Waals surface area contributed by atoms with E-state index in [-0.39, 0.29) is 55.0 Å². The molecule has 17 nitrogen and oxygen atoms in total. The lowest BCUT2D eigenvalue weighted by molar-refractivity contribution is -0.120. The molecule has 1 saturated carbocycles. The van der Waals surface area contributed by atoms with Crippen LogP contribution in [-0.2, 0) is 26.8 Å². The number of amides is 3. The molecule has 4 aliphatic rings. The highest BCUT2D eigenvalue weighted by Crippen LogP contribution is 2.44. The maximum absolute atomic E-state index is 16.3. The number of aromatic nitrogens is 4. The number of rotatable bonds is 10. The van der Waals surface area contributed by atoms with Crippen molar-refractivity contribution in [3.63, 3.8) is 0 Å². The first-order valence-corrected chi connectivity index (χ1v) is 23.0. The predicted molar refractivity (Wildman–Crippen MR) is 232 cm³/mol. The summed E-state index contributed by atoms with van der Waals surface area (Å²) < 4.78 is 91.0. The van der Waals surface area contributed by atoms with E-state index in [1.165, 1.54) is 33.6 Å². The Bertz CT molecular complexity index is 2960. The zero-order chi connectivity index (χ0) is 45.9. The van der Waals surface area contributed by atoms with Crippen LogP contribution in [0.1, 0.15) is 81.4 Å². The number of piperidine rings is 1. The van der Waals surface area contributed by atoms with Crippen LogP contribution in [0.4, 0.5) is 29.5 Å². The molecule has 1 unspecified atom stereocenters. The summed E-state index contributed by atoms with van der Waals surface area (Å²) >= 11 is 0. The van der Waals surface area contributed by atoms with E-state index in [1.807, 2.05) is 6.07 Å². The average molecular weight is 917 g/mol. The second-order valence-corrected chi connectivity index (χ2v) is 19.0. The first-order chi connectivity index (χ1) is 31.1. The van der Waals surface area contributed by atoms with Gasteiger partial charge < -0.3 is 14.4 Å². The monoisotopic (exact) mass is 916 g/mol. The molecule has 1 aliphatic carbocycles. The number of nitrogens with zero attached hydrogens (tertiary/aromatic N) is 8. The van der Waals surface area contributed by atoms with Crippen LogP contribution in [0.3, 0.4) is 0 Å². The van der Waals surface area contributed by atoms with E-state index in [9.17, 15) is 28.1 Å². The van der Waals surface area contributed by atoms with Crippen LogP contribution in [0, 0.1) is 28.8 Å². The molecule has 3 aromatic carbocycles. The Balaban J connectivity index is 0.847. The average Bonchev–Trinajstić information content (AvgIpc) is 3.86. The van der Waals surface area contributed by atoms with Crippen molar-refractivity contribution in [2.24, 2.45) is 7.05 Å². The summed E-state index contributed by atoms with van der Waals surface area (Å²) in [7, 11) is -1.14. The minimum absolute atomic E-state index is 0.0185. The van der Waals surface area contributed by atoms with Gasteiger partial charge in [-0.3, -0.25) is 33.8 Å². The fourth-order valence-electron chi connectivity index (χ4n) is 9.85. The lowest BCUT2D eigenvalue weighted by atomic mass is 9.79. The van der Waals surface area contributed by atoms with Gasteiger partial charge in [0.1, 0.15) is 22.5 Å². The number of benzene rings is 3. The van der Waals surface area contributed by atoms with Gasteiger partial charge in [-0.2, -0.15) is 23.1 Å². The van der Waals surface area contributed by atoms with E-state index < -0.39 is 67.5 Å². The Morgan fingerprint density at radius 2 is 1.77 bits per heavy atom. The van der Waals surface area contributed by atoms with E-state index in [1.54, 1.807) is 26.1 Å². The van der Waals surface area contributed by atoms with Gasteiger partial charge in [0.05, 0.1) is 35.8 Å². The van der Waals surface area contributed by atoms with E-state index in [0.29, 0.717) is 34.7 Å². The van der Waals surface area contributed by atoms with Crippen molar-refractivity contribution in [2.45, 2.75) is 81.9 Å². The quantitative estimate of drug-likeness (QED) is 0.168. The van der Waals surface area contributed by atoms with E-state index >= 15 is 13.2 Å². The highest BCUT2D eigenvalue weighted by molar-refractivity contribution is 7.90. The first-order valence-electron chi connectivity index (χ1n) is 21.6. The number of likely N-dealkylation sites (tertiary alicyclic amines) is 1. The van der Waals surface area contributed by atoms with Gasteiger partial charge in [0.2, 0.25) is 5.91 Å². The molecule has 3 amide bonds. The maximum Gasteiger partial charge on any atom is 0.329 e. The normalized spacial score (nSPS) is 21.6. The molecular formula is C44H47F3N10O7S. The molecule has 0 bridgehead atoms. The number of urea groups is 1. The zero-order valence-electron chi connectivity index (χ0n) is 35.9. The van der Waals surface area contributed by atoms with Gasteiger partial charge in [0, 0.05) is 58.1 Å². The fourth-order valence-corrected chi connectivity index (χ4v) is 10.8. The molecule has 5 heterocycles. The van der Waals surface area contributed by atoms with Crippen molar-refractivity contribution in [1.29, 1.82) is 5.26 Å². The van der Waals surface area contributed by atoms with Crippen molar-refractivity contribution in [3.8, 4) is 17.6 Å². The third-order valence-electron chi connectivity index (χ3n) is 13.6. The first kappa shape index (κ1) is 44.1. The van der Waals surface area contributed by atoms with Crippen LogP contribution in [0.15, 0.2) is 47.5 Å². The van der Waals surface area contributed by atoms with Crippen LogP contribution >= 0.6 is 0 Å². The molecule has 342 valence electrons. The number of ether oxygens (including phenoxy) is 2. The second kappa shape index (κ2) is 17.0. The Labute approximate surface area is 371 Å². The Morgan fingerprint density at radius 3 is 2.48 bits per heavy atom. The fraction of sp³-hybridized carbons (Fsp3) is 0.455. The number of imide groups is 1. The van der Waals surface area contributed by atoms with Gasteiger partial charge >= 0.3 is 16.2 Å². The summed E-state index contributed by atoms with van der Waals surface area (Å²) in [6, 6.07) is 9.10. The number of nitrogens with one attached hydrogen (secondary N) is 2. The maximum atomic E-state index is 16.3. The number of carbonyl (C=O) groups is 2. The number of halogens is 3. The molecule has 21 heteroatoms. The standard InChI is InChI=1S/C44H47F3N10O7S/c1-4-53(2)65(61,62)52-32-12-11-31(45)40(30(32)22-48)64-34-14-13-33-36(38(34)47)42(59)57(24-49-33)27-21-44(63-23-27)16-19-55(20-17-44)26-7-5-25(6-8-26)28-9-10-29-39(37(28)46)54(3)51-41(29)56-18-15-35(58)50-43(56)60/h9-14,24-27,52H,4-8,15-21,23H2,1-3H3,(H,50,58,60). The zero-order valence-corrected chi connectivity index (χ0v) is 36.8. The smallest absolute Gasteiger partial charge is 0.329 e. The summed E-state index contributed by atoms with van der Waals surface area (Å²) in [5.41, 5.74) is -0.995. The second-order valence-electron chi connectivity index (χ2n) is 17.2. The number of hydrogen-bond acceptors (Lipinski definition) is 11. The molecule has 4 fully saturated rings. The minimum atomic E-state index is -4.11. The van der Waals surface area contributed by atoms with Crippen molar-refractivity contribution in [3.05, 3.63) is 81.7 Å². The van der Waals surface area contributed by atoms with Crippen molar-refractivity contribution in [1.82, 2.24) is 33.9 Å². The number of anilines is 2. The van der Waals surface area contributed by atoms with E-state index in [4.69, 9.17) is 9.47 Å². The summed E-state index contributed by atoms with van der Waals surface area (Å²) in [6.45, 7) is 3.64. The lowest BCUT2D eigenvalue weighted by Gasteiger charge is -2.44. The Morgan fingerprint density at radius 1 is 1.02 bits per heavy atom. The molecule has 2 N–H and O–H groups in total. The lowest BCUT2D eigenvalue weighted by Crippen LogP contribution is -2.49. The van der Waals surface area contributed by atoms with Gasteiger partial charge in [-0.15, -0.1) is 0 Å². The molecule has 5 aromatic rings. The van der Waals surface area contributed by atoms with E-state index in [2.05, 4.69) is 25.0 Å². The molecule has 0 radical (unpaired) electrons.